The number of nitrogens with zero attached hydrogens (tertiary/aromatic N) is 1. The lowest BCUT2D eigenvalue weighted by Gasteiger charge is -2.29. The molecular weight excluding hydrogens is 472 g/mol. The third-order valence-electron chi connectivity index (χ3n) is 5.84. The molecule has 6 nitrogen and oxygen atoms in total. The molecule has 0 unspecified atom stereocenters. The van der Waals surface area contributed by atoms with Gasteiger partial charge in [-0.3, -0.25) is 19.8 Å². The van der Waals surface area contributed by atoms with Crippen LogP contribution in [-0.4, -0.2) is 24.0 Å². The van der Waals surface area contributed by atoms with Crippen molar-refractivity contribution in [2.75, 3.05) is 12.0 Å². The van der Waals surface area contributed by atoms with E-state index in [4.69, 9.17) is 21.7 Å². The van der Waals surface area contributed by atoms with Crippen molar-refractivity contribution in [1.82, 2.24) is 5.32 Å². The Labute approximate surface area is 213 Å². The van der Waals surface area contributed by atoms with Gasteiger partial charge < -0.3 is 9.47 Å². The maximum atomic E-state index is 13.2. The van der Waals surface area contributed by atoms with Crippen LogP contribution in [-0.2, 0) is 16.2 Å². The average molecular weight is 495 g/mol. The summed E-state index contributed by atoms with van der Waals surface area (Å²) >= 11 is 5.25. The summed E-state index contributed by atoms with van der Waals surface area (Å²) in [6.07, 6.45) is 1.54. The molecule has 4 aromatic rings. The average Bonchev–Trinajstić information content (AvgIpc) is 2.90. The number of rotatable bonds is 6. The van der Waals surface area contributed by atoms with Gasteiger partial charge >= 0.3 is 0 Å². The number of hydrogen-bond acceptors (Lipinski definition) is 5. The molecule has 1 fully saturated rings. The second kappa shape index (κ2) is 10.0. The van der Waals surface area contributed by atoms with Crippen LogP contribution in [0, 0.1) is 0 Å². The van der Waals surface area contributed by atoms with Gasteiger partial charge in [-0.1, -0.05) is 48.5 Å². The Hall–Kier alpha value is -4.49. The van der Waals surface area contributed by atoms with Gasteiger partial charge in [0, 0.05) is 0 Å². The summed E-state index contributed by atoms with van der Waals surface area (Å²) < 4.78 is 11.1. The maximum absolute atomic E-state index is 13.2. The van der Waals surface area contributed by atoms with Gasteiger partial charge in [-0.25, -0.2) is 0 Å². The smallest absolute Gasteiger partial charge is 0.270 e. The molecule has 1 aliphatic heterocycles. The number of carbonyl (C=O) groups is 2. The lowest BCUT2D eigenvalue weighted by atomic mass is 10.1. The summed E-state index contributed by atoms with van der Waals surface area (Å²) in [7, 11) is 1.56. The molecule has 2 amide bonds. The van der Waals surface area contributed by atoms with Crippen LogP contribution in [0.4, 0.5) is 5.69 Å². The highest BCUT2D eigenvalue weighted by Gasteiger charge is 2.34. The summed E-state index contributed by atoms with van der Waals surface area (Å²) in [6.45, 7) is 0.431. The third kappa shape index (κ3) is 4.82. The molecule has 1 heterocycles. The summed E-state index contributed by atoms with van der Waals surface area (Å²) in [6, 6.07) is 28.5. The Morgan fingerprint density at radius 1 is 0.861 bits per heavy atom. The number of amides is 2. The van der Waals surface area contributed by atoms with Crippen molar-refractivity contribution < 1.29 is 19.1 Å². The topological polar surface area (TPSA) is 67.9 Å². The number of methoxy groups -OCH3 is 1. The first kappa shape index (κ1) is 23.3. The second-order valence-electron chi connectivity index (χ2n) is 8.20. The van der Waals surface area contributed by atoms with Crippen LogP contribution < -0.4 is 19.7 Å². The molecule has 1 N–H and O–H groups in total. The lowest BCUT2D eigenvalue weighted by Crippen LogP contribution is -2.54. The van der Waals surface area contributed by atoms with Gasteiger partial charge in [-0.15, -0.1) is 0 Å². The van der Waals surface area contributed by atoms with E-state index >= 15 is 0 Å². The first-order chi connectivity index (χ1) is 17.5. The summed E-state index contributed by atoms with van der Waals surface area (Å²) in [5, 5.41) is 4.98. The zero-order valence-electron chi connectivity index (χ0n) is 19.4. The van der Waals surface area contributed by atoms with E-state index in [0.717, 1.165) is 5.56 Å². The molecule has 0 atom stereocenters. The normalized spacial score (nSPS) is 14.8. The summed E-state index contributed by atoms with van der Waals surface area (Å²) in [5.74, 6) is 0.305. The minimum absolute atomic E-state index is 0.00995. The van der Waals surface area contributed by atoms with Crippen LogP contribution in [0.2, 0.25) is 0 Å². The summed E-state index contributed by atoms with van der Waals surface area (Å²) in [4.78, 5) is 27.0. The predicted molar refractivity (Wildman–Crippen MR) is 144 cm³/mol. The Morgan fingerprint density at radius 3 is 2.28 bits per heavy atom. The quantitative estimate of drug-likeness (QED) is 0.225. The van der Waals surface area contributed by atoms with E-state index in [1.165, 1.54) is 15.7 Å². The number of nitrogens with one attached hydrogen (secondary N) is 1. The molecule has 0 aliphatic carbocycles. The highest BCUT2D eigenvalue weighted by Crippen LogP contribution is 2.25. The largest absolute Gasteiger partial charge is 0.497 e. The van der Waals surface area contributed by atoms with Crippen molar-refractivity contribution >= 4 is 51.7 Å². The second-order valence-corrected chi connectivity index (χ2v) is 8.58. The molecule has 178 valence electrons. The number of fused-ring (bicyclic) bond motifs is 1. The first-order valence-electron chi connectivity index (χ1n) is 11.3. The molecule has 0 saturated carbocycles. The molecule has 0 radical (unpaired) electrons. The van der Waals surface area contributed by atoms with Crippen LogP contribution in [0.1, 0.15) is 11.1 Å². The number of carbonyl (C=O) groups excluding carboxylic acids is 2. The minimum Gasteiger partial charge on any atom is -0.497 e. The third-order valence-corrected chi connectivity index (χ3v) is 6.13. The van der Waals surface area contributed by atoms with Crippen molar-refractivity contribution in [2.24, 2.45) is 0 Å². The maximum Gasteiger partial charge on any atom is 0.270 e. The van der Waals surface area contributed by atoms with Crippen LogP contribution >= 0.6 is 12.2 Å². The molecule has 0 bridgehead atoms. The van der Waals surface area contributed by atoms with Crippen molar-refractivity contribution in [3.8, 4) is 11.5 Å². The fourth-order valence-corrected chi connectivity index (χ4v) is 4.23. The lowest BCUT2D eigenvalue weighted by molar-refractivity contribution is -0.122. The number of hydrogen-bond donors (Lipinski definition) is 1. The fraction of sp³-hybridized carbons (Fsp3) is 0.0690. The molecule has 1 aliphatic rings. The van der Waals surface area contributed by atoms with E-state index in [2.05, 4.69) is 29.6 Å². The van der Waals surface area contributed by atoms with E-state index in [0.29, 0.717) is 29.4 Å². The zero-order chi connectivity index (χ0) is 25.1. The van der Waals surface area contributed by atoms with E-state index in [-0.39, 0.29) is 10.7 Å². The molecular formula is C29H22N2O4S. The van der Waals surface area contributed by atoms with Crippen molar-refractivity contribution in [3.63, 3.8) is 0 Å². The first-order valence-corrected chi connectivity index (χ1v) is 11.7. The van der Waals surface area contributed by atoms with Gasteiger partial charge in [0.1, 0.15) is 23.7 Å². The number of benzene rings is 4. The van der Waals surface area contributed by atoms with E-state index < -0.39 is 11.8 Å². The number of ether oxygens (including phenoxy) is 2. The predicted octanol–water partition coefficient (Wildman–Crippen LogP) is 5.26. The van der Waals surface area contributed by atoms with E-state index in [1.54, 1.807) is 49.6 Å². The van der Waals surface area contributed by atoms with E-state index in [1.807, 2.05) is 30.3 Å². The van der Waals surface area contributed by atoms with E-state index in [9.17, 15) is 9.59 Å². The van der Waals surface area contributed by atoms with Crippen LogP contribution in [0.3, 0.4) is 0 Å². The molecule has 5 rings (SSSR count). The van der Waals surface area contributed by atoms with Gasteiger partial charge in [0.05, 0.1) is 12.8 Å². The summed E-state index contributed by atoms with van der Waals surface area (Å²) in [5.41, 5.74) is 2.28. The van der Waals surface area contributed by atoms with Gasteiger partial charge in [-0.05, 0) is 82.7 Å². The zero-order valence-corrected chi connectivity index (χ0v) is 20.2. The van der Waals surface area contributed by atoms with Gasteiger partial charge in [0.2, 0.25) is 0 Å². The highest BCUT2D eigenvalue weighted by atomic mass is 32.1. The van der Waals surface area contributed by atoms with Crippen molar-refractivity contribution in [1.29, 1.82) is 0 Å². The fourth-order valence-electron chi connectivity index (χ4n) is 3.95. The Bertz CT molecular complexity index is 1490. The molecule has 0 aromatic heterocycles. The van der Waals surface area contributed by atoms with Crippen LogP contribution in [0.5, 0.6) is 11.5 Å². The van der Waals surface area contributed by atoms with Crippen molar-refractivity contribution in [2.45, 2.75) is 6.61 Å². The molecule has 4 aromatic carbocycles. The number of thiocarbonyl (C=S) groups is 1. The highest BCUT2D eigenvalue weighted by molar-refractivity contribution is 7.80. The standard InChI is InChI=1S/C29H22N2O4S/c1-34-24-14-10-23(11-15-24)31-28(33)26(27(32)30-29(31)36)17-19-7-12-25(13-8-19)35-18-20-6-9-21-4-2-3-5-22(21)16-20/h2-17H,18H2,1H3,(H,30,32,36). The van der Waals surface area contributed by atoms with Crippen LogP contribution in [0.15, 0.2) is 96.6 Å². The minimum atomic E-state index is -0.536. The Balaban J connectivity index is 1.30. The number of anilines is 1. The van der Waals surface area contributed by atoms with Crippen LogP contribution in [0.25, 0.3) is 16.8 Å². The monoisotopic (exact) mass is 494 g/mol. The molecule has 36 heavy (non-hydrogen) atoms. The van der Waals surface area contributed by atoms with Gasteiger partial charge in [-0.2, -0.15) is 0 Å². The Kier molecular flexibility index (Phi) is 6.47. The van der Waals surface area contributed by atoms with Gasteiger partial charge in [0.15, 0.2) is 5.11 Å². The van der Waals surface area contributed by atoms with Gasteiger partial charge in [0.25, 0.3) is 11.8 Å². The molecule has 7 heteroatoms. The molecule has 0 spiro atoms. The Morgan fingerprint density at radius 2 is 1.56 bits per heavy atom. The SMILES string of the molecule is COc1ccc(N2C(=O)C(=Cc3ccc(OCc4ccc5ccccc5c4)cc3)C(=O)NC2=S)cc1. The molecule has 1 saturated heterocycles. The van der Waals surface area contributed by atoms with Crippen molar-refractivity contribution in [3.05, 3.63) is 108 Å².